The van der Waals surface area contributed by atoms with Crippen molar-refractivity contribution in [3.63, 3.8) is 0 Å². The largest absolute Gasteiger partial charge is 0.497 e. The molecule has 0 unspecified atom stereocenters. The molecule has 17 heavy (non-hydrogen) atoms. The molecule has 0 amide bonds. The number of methoxy groups -OCH3 is 1. The van der Waals surface area contributed by atoms with E-state index in [9.17, 15) is 0 Å². The number of nitrogens with zero attached hydrogens (tertiary/aromatic N) is 2. The molecule has 4 heteroatoms. The summed E-state index contributed by atoms with van der Waals surface area (Å²) in [4.78, 5) is 0. The predicted molar refractivity (Wildman–Crippen MR) is 68.5 cm³/mol. The fourth-order valence-corrected chi connectivity index (χ4v) is 1.77. The second kappa shape index (κ2) is 4.91. The molecule has 0 radical (unpaired) electrons. The predicted octanol–water partition coefficient (Wildman–Crippen LogP) is 2.42. The molecule has 90 valence electrons. The summed E-state index contributed by atoms with van der Waals surface area (Å²) in [7, 11) is 1.65. The Kier molecular flexibility index (Phi) is 3.32. The molecular formula is C13H17N3O. The van der Waals surface area contributed by atoms with Crippen LogP contribution in [0.15, 0.2) is 30.3 Å². The highest BCUT2D eigenvalue weighted by atomic mass is 16.5. The van der Waals surface area contributed by atoms with Crippen molar-refractivity contribution in [1.82, 2.24) is 9.78 Å². The number of anilines is 1. The number of nitrogens with two attached hydrogens (primary N) is 1. The smallest absolute Gasteiger partial charge is 0.127 e. The summed E-state index contributed by atoms with van der Waals surface area (Å²) in [6, 6.07) is 9.62. The molecule has 1 heterocycles. The van der Waals surface area contributed by atoms with Gasteiger partial charge in [-0.15, -0.1) is 0 Å². The summed E-state index contributed by atoms with van der Waals surface area (Å²) in [5.74, 6) is 1.45. The van der Waals surface area contributed by atoms with Crippen molar-refractivity contribution in [3.05, 3.63) is 36.0 Å². The Morgan fingerprint density at radius 3 is 2.88 bits per heavy atom. The summed E-state index contributed by atoms with van der Waals surface area (Å²) < 4.78 is 6.93. The van der Waals surface area contributed by atoms with Crippen molar-refractivity contribution in [1.29, 1.82) is 0 Å². The van der Waals surface area contributed by atoms with Gasteiger partial charge in [-0.1, -0.05) is 19.4 Å². The fourth-order valence-electron chi connectivity index (χ4n) is 1.77. The van der Waals surface area contributed by atoms with Crippen molar-refractivity contribution in [2.75, 3.05) is 12.8 Å². The van der Waals surface area contributed by atoms with Gasteiger partial charge >= 0.3 is 0 Å². The van der Waals surface area contributed by atoms with E-state index in [4.69, 9.17) is 10.5 Å². The molecule has 0 aliphatic carbocycles. The fraction of sp³-hybridized carbons (Fsp3) is 0.308. The van der Waals surface area contributed by atoms with Crippen molar-refractivity contribution in [2.45, 2.75) is 19.8 Å². The molecule has 0 spiro atoms. The van der Waals surface area contributed by atoms with E-state index in [1.807, 2.05) is 30.3 Å². The maximum Gasteiger partial charge on any atom is 0.127 e. The molecular weight excluding hydrogens is 214 g/mol. The van der Waals surface area contributed by atoms with E-state index in [1.165, 1.54) is 0 Å². The van der Waals surface area contributed by atoms with Crippen LogP contribution in [0.4, 0.5) is 5.82 Å². The number of benzene rings is 1. The first-order valence-electron chi connectivity index (χ1n) is 5.73. The summed E-state index contributed by atoms with van der Waals surface area (Å²) in [6.45, 7) is 2.13. The quantitative estimate of drug-likeness (QED) is 0.879. The number of hydrogen-bond donors (Lipinski definition) is 1. The lowest BCUT2D eigenvalue weighted by Crippen LogP contribution is -2.02. The van der Waals surface area contributed by atoms with Gasteiger partial charge in [-0.2, -0.15) is 5.10 Å². The highest BCUT2D eigenvalue weighted by Crippen LogP contribution is 2.19. The van der Waals surface area contributed by atoms with Gasteiger partial charge in [-0.25, -0.2) is 4.68 Å². The minimum atomic E-state index is 0.654. The third-order valence-electron chi connectivity index (χ3n) is 2.59. The van der Waals surface area contributed by atoms with Crippen LogP contribution in [0.25, 0.3) is 5.69 Å². The summed E-state index contributed by atoms with van der Waals surface area (Å²) in [5, 5.41) is 4.48. The van der Waals surface area contributed by atoms with E-state index in [0.29, 0.717) is 5.82 Å². The molecule has 0 fully saturated rings. The lowest BCUT2D eigenvalue weighted by molar-refractivity contribution is 0.414. The van der Waals surface area contributed by atoms with E-state index in [-0.39, 0.29) is 0 Å². The van der Waals surface area contributed by atoms with Gasteiger partial charge in [0.1, 0.15) is 11.6 Å². The standard InChI is InChI=1S/C13H17N3O/c1-3-5-10-8-13(14)16(15-10)11-6-4-7-12(9-11)17-2/h4,6-9H,3,5,14H2,1-2H3. The van der Waals surface area contributed by atoms with Crippen LogP contribution >= 0.6 is 0 Å². The van der Waals surface area contributed by atoms with Gasteiger partial charge in [0.05, 0.1) is 18.5 Å². The lowest BCUT2D eigenvalue weighted by atomic mass is 10.2. The average Bonchev–Trinajstić information content (AvgIpc) is 2.71. The van der Waals surface area contributed by atoms with E-state index in [2.05, 4.69) is 12.0 Å². The number of rotatable bonds is 4. The summed E-state index contributed by atoms with van der Waals surface area (Å²) in [5.41, 5.74) is 7.90. The molecule has 0 bridgehead atoms. The summed E-state index contributed by atoms with van der Waals surface area (Å²) >= 11 is 0. The minimum absolute atomic E-state index is 0.654. The molecule has 0 saturated carbocycles. The van der Waals surface area contributed by atoms with Crippen LogP contribution in [-0.2, 0) is 6.42 Å². The first-order chi connectivity index (χ1) is 8.24. The number of nitrogen functional groups attached to an aromatic ring is 1. The Bertz CT molecular complexity index is 505. The molecule has 1 aromatic carbocycles. The number of ether oxygens (including phenoxy) is 1. The van der Waals surface area contributed by atoms with Crippen LogP contribution in [0.5, 0.6) is 5.75 Å². The zero-order chi connectivity index (χ0) is 12.3. The second-order valence-corrected chi connectivity index (χ2v) is 3.92. The second-order valence-electron chi connectivity index (χ2n) is 3.92. The van der Waals surface area contributed by atoms with Crippen LogP contribution in [0.2, 0.25) is 0 Å². The Labute approximate surface area is 101 Å². The minimum Gasteiger partial charge on any atom is -0.497 e. The van der Waals surface area contributed by atoms with E-state index in [0.717, 1.165) is 30.0 Å². The van der Waals surface area contributed by atoms with Crippen LogP contribution in [0.1, 0.15) is 19.0 Å². The molecule has 0 saturated heterocycles. The lowest BCUT2D eigenvalue weighted by Gasteiger charge is -2.05. The van der Waals surface area contributed by atoms with E-state index in [1.54, 1.807) is 11.8 Å². The van der Waals surface area contributed by atoms with Gasteiger partial charge in [0.15, 0.2) is 0 Å². The maximum atomic E-state index is 5.95. The highest BCUT2D eigenvalue weighted by molar-refractivity contribution is 5.46. The highest BCUT2D eigenvalue weighted by Gasteiger charge is 2.06. The van der Waals surface area contributed by atoms with Crippen molar-refractivity contribution in [2.24, 2.45) is 0 Å². The van der Waals surface area contributed by atoms with Gasteiger partial charge in [0.25, 0.3) is 0 Å². The van der Waals surface area contributed by atoms with Gasteiger partial charge in [-0.3, -0.25) is 0 Å². The van der Waals surface area contributed by atoms with Crippen molar-refractivity contribution in [3.8, 4) is 11.4 Å². The summed E-state index contributed by atoms with van der Waals surface area (Å²) in [6.07, 6.45) is 2.01. The molecule has 2 aromatic rings. The Hall–Kier alpha value is -1.97. The molecule has 1 aromatic heterocycles. The first-order valence-corrected chi connectivity index (χ1v) is 5.73. The van der Waals surface area contributed by atoms with Gasteiger partial charge in [-0.05, 0) is 18.6 Å². The Morgan fingerprint density at radius 2 is 2.18 bits per heavy atom. The number of aryl methyl sites for hydroxylation is 1. The van der Waals surface area contributed by atoms with Gasteiger partial charge < -0.3 is 10.5 Å². The van der Waals surface area contributed by atoms with Crippen LogP contribution in [0.3, 0.4) is 0 Å². The number of aromatic nitrogens is 2. The van der Waals surface area contributed by atoms with Crippen LogP contribution < -0.4 is 10.5 Å². The van der Waals surface area contributed by atoms with Crippen molar-refractivity contribution >= 4 is 5.82 Å². The van der Waals surface area contributed by atoms with E-state index >= 15 is 0 Å². The molecule has 2 rings (SSSR count). The van der Waals surface area contributed by atoms with E-state index < -0.39 is 0 Å². The zero-order valence-electron chi connectivity index (χ0n) is 10.2. The molecule has 0 aliphatic heterocycles. The van der Waals surface area contributed by atoms with Crippen LogP contribution in [-0.4, -0.2) is 16.9 Å². The number of hydrogen-bond acceptors (Lipinski definition) is 3. The Balaban J connectivity index is 2.37. The topological polar surface area (TPSA) is 53.1 Å². The van der Waals surface area contributed by atoms with Crippen LogP contribution in [0, 0.1) is 0 Å². The third kappa shape index (κ3) is 2.41. The molecule has 0 aliphatic rings. The Morgan fingerprint density at radius 1 is 1.35 bits per heavy atom. The average molecular weight is 231 g/mol. The molecule has 2 N–H and O–H groups in total. The normalized spacial score (nSPS) is 10.5. The first kappa shape index (κ1) is 11.5. The third-order valence-corrected chi connectivity index (χ3v) is 2.59. The maximum absolute atomic E-state index is 5.95. The van der Waals surface area contributed by atoms with Crippen molar-refractivity contribution < 1.29 is 4.74 Å². The zero-order valence-corrected chi connectivity index (χ0v) is 10.2. The molecule has 4 nitrogen and oxygen atoms in total. The van der Waals surface area contributed by atoms with Gasteiger partial charge in [0.2, 0.25) is 0 Å². The SMILES string of the molecule is CCCc1cc(N)n(-c2cccc(OC)c2)n1. The molecule has 0 atom stereocenters. The monoisotopic (exact) mass is 231 g/mol. The van der Waals surface area contributed by atoms with Gasteiger partial charge in [0, 0.05) is 12.1 Å².